The van der Waals surface area contributed by atoms with Gasteiger partial charge >= 0.3 is 6.03 Å². The molecule has 0 aromatic heterocycles. The lowest BCUT2D eigenvalue weighted by molar-refractivity contribution is 0.102. The van der Waals surface area contributed by atoms with Crippen LogP contribution in [0.5, 0.6) is 0 Å². The number of hydrogen-bond acceptors (Lipinski definition) is 3. The van der Waals surface area contributed by atoms with Crippen molar-refractivity contribution in [2.24, 2.45) is 0 Å². The van der Waals surface area contributed by atoms with E-state index in [1.54, 1.807) is 0 Å². The van der Waals surface area contributed by atoms with Crippen molar-refractivity contribution in [2.45, 2.75) is 39.5 Å². The van der Waals surface area contributed by atoms with Gasteiger partial charge in [-0.2, -0.15) is 0 Å². The van der Waals surface area contributed by atoms with Gasteiger partial charge in [0.05, 0.1) is 0 Å². The van der Waals surface area contributed by atoms with Crippen molar-refractivity contribution in [3.8, 4) is 0 Å². The standard InChI is InChI=1S/C25H34N4O2/c1-3-5-6-7-20-8-10-21(11-9-20)24(30)27-22-12-14-23(15-13-22)28-16-18-29(19-17-28)25(31)26-4-2/h8-15H,3-7,16-19H2,1-2H3,(H,26,31)(H,27,30). The molecular weight excluding hydrogens is 388 g/mol. The van der Waals surface area contributed by atoms with Crippen molar-refractivity contribution in [3.05, 3.63) is 59.7 Å². The molecule has 1 heterocycles. The van der Waals surface area contributed by atoms with Crippen LogP contribution in [0.2, 0.25) is 0 Å². The van der Waals surface area contributed by atoms with Crippen molar-refractivity contribution in [2.75, 3.05) is 42.9 Å². The number of nitrogens with one attached hydrogen (secondary N) is 2. The normalized spacial score (nSPS) is 13.7. The molecule has 2 aromatic rings. The number of aryl methyl sites for hydroxylation is 1. The molecule has 0 spiro atoms. The first-order chi connectivity index (χ1) is 15.1. The molecule has 1 aliphatic rings. The van der Waals surface area contributed by atoms with Gasteiger partial charge in [0.1, 0.15) is 0 Å². The largest absolute Gasteiger partial charge is 0.368 e. The van der Waals surface area contributed by atoms with Crippen molar-refractivity contribution < 1.29 is 9.59 Å². The van der Waals surface area contributed by atoms with Crippen LogP contribution in [0.25, 0.3) is 0 Å². The van der Waals surface area contributed by atoms with E-state index in [2.05, 4.69) is 22.5 Å². The highest BCUT2D eigenvalue weighted by Crippen LogP contribution is 2.20. The predicted octanol–water partition coefficient (Wildman–Crippen LogP) is 4.52. The first kappa shape index (κ1) is 22.7. The van der Waals surface area contributed by atoms with Crippen molar-refractivity contribution >= 4 is 23.3 Å². The van der Waals surface area contributed by atoms with Gasteiger partial charge in [-0.15, -0.1) is 0 Å². The molecule has 3 rings (SSSR count). The lowest BCUT2D eigenvalue weighted by Crippen LogP contribution is -2.51. The van der Waals surface area contributed by atoms with Gasteiger partial charge in [0.2, 0.25) is 0 Å². The molecule has 0 bridgehead atoms. The molecule has 0 atom stereocenters. The van der Waals surface area contributed by atoms with E-state index in [1.165, 1.54) is 24.8 Å². The Kier molecular flexibility index (Phi) is 8.33. The lowest BCUT2D eigenvalue weighted by atomic mass is 10.1. The van der Waals surface area contributed by atoms with Gasteiger partial charge in [0.25, 0.3) is 5.91 Å². The number of piperazine rings is 1. The zero-order valence-electron chi connectivity index (χ0n) is 18.7. The maximum atomic E-state index is 12.6. The number of carbonyl (C=O) groups excluding carboxylic acids is 2. The van der Waals surface area contributed by atoms with Crippen LogP contribution in [0.15, 0.2) is 48.5 Å². The number of benzene rings is 2. The van der Waals surface area contributed by atoms with Crippen molar-refractivity contribution in [3.63, 3.8) is 0 Å². The molecule has 2 aromatic carbocycles. The molecule has 2 N–H and O–H groups in total. The van der Waals surface area contributed by atoms with Crippen LogP contribution in [-0.2, 0) is 6.42 Å². The summed E-state index contributed by atoms with van der Waals surface area (Å²) in [4.78, 5) is 28.6. The average Bonchev–Trinajstić information content (AvgIpc) is 2.80. The first-order valence-corrected chi connectivity index (χ1v) is 11.4. The summed E-state index contributed by atoms with van der Waals surface area (Å²) in [5.41, 5.74) is 3.83. The fourth-order valence-electron chi connectivity index (χ4n) is 3.79. The third kappa shape index (κ3) is 6.48. The van der Waals surface area contributed by atoms with Crippen LogP contribution in [0, 0.1) is 0 Å². The second kappa shape index (κ2) is 11.4. The van der Waals surface area contributed by atoms with Crippen LogP contribution in [0.4, 0.5) is 16.2 Å². The van der Waals surface area contributed by atoms with E-state index in [1.807, 2.05) is 60.4 Å². The molecular formula is C25H34N4O2. The zero-order chi connectivity index (χ0) is 22.1. The Morgan fingerprint density at radius 1 is 0.871 bits per heavy atom. The number of anilines is 2. The van der Waals surface area contributed by atoms with E-state index in [-0.39, 0.29) is 11.9 Å². The first-order valence-electron chi connectivity index (χ1n) is 11.4. The molecule has 0 unspecified atom stereocenters. The van der Waals surface area contributed by atoms with Gasteiger partial charge in [0, 0.05) is 49.7 Å². The van der Waals surface area contributed by atoms with E-state index < -0.39 is 0 Å². The highest BCUT2D eigenvalue weighted by Gasteiger charge is 2.20. The second-order valence-corrected chi connectivity index (χ2v) is 7.96. The molecule has 1 saturated heterocycles. The molecule has 31 heavy (non-hydrogen) atoms. The van der Waals surface area contributed by atoms with Gasteiger partial charge < -0.3 is 20.4 Å². The summed E-state index contributed by atoms with van der Waals surface area (Å²) in [6.07, 6.45) is 4.71. The maximum Gasteiger partial charge on any atom is 0.317 e. The average molecular weight is 423 g/mol. The van der Waals surface area contributed by atoms with Crippen molar-refractivity contribution in [1.82, 2.24) is 10.2 Å². The van der Waals surface area contributed by atoms with E-state index >= 15 is 0 Å². The predicted molar refractivity (Wildman–Crippen MR) is 127 cm³/mol. The van der Waals surface area contributed by atoms with E-state index in [0.717, 1.165) is 30.9 Å². The highest BCUT2D eigenvalue weighted by atomic mass is 16.2. The maximum absolute atomic E-state index is 12.6. The molecule has 3 amide bonds. The SMILES string of the molecule is CCCCCc1ccc(C(=O)Nc2ccc(N3CCN(C(=O)NCC)CC3)cc2)cc1. The number of urea groups is 1. The minimum atomic E-state index is -0.0941. The van der Waals surface area contributed by atoms with E-state index in [9.17, 15) is 9.59 Å². The van der Waals surface area contributed by atoms with Crippen LogP contribution < -0.4 is 15.5 Å². The Morgan fingerprint density at radius 3 is 2.16 bits per heavy atom. The molecule has 0 aliphatic carbocycles. The minimum Gasteiger partial charge on any atom is -0.368 e. The Hall–Kier alpha value is -3.02. The summed E-state index contributed by atoms with van der Waals surface area (Å²) in [6.45, 7) is 7.79. The molecule has 166 valence electrons. The molecule has 6 nitrogen and oxygen atoms in total. The fraction of sp³-hybridized carbons (Fsp3) is 0.440. The number of carbonyl (C=O) groups is 2. The summed E-state index contributed by atoms with van der Waals surface area (Å²) >= 11 is 0. The monoisotopic (exact) mass is 422 g/mol. The van der Waals surface area contributed by atoms with E-state index in [0.29, 0.717) is 25.2 Å². The summed E-state index contributed by atoms with van der Waals surface area (Å²) in [7, 11) is 0. The number of amides is 3. The van der Waals surface area contributed by atoms with Gasteiger partial charge in [-0.3, -0.25) is 4.79 Å². The highest BCUT2D eigenvalue weighted by molar-refractivity contribution is 6.04. The van der Waals surface area contributed by atoms with Crippen LogP contribution in [0.3, 0.4) is 0 Å². The summed E-state index contributed by atoms with van der Waals surface area (Å²) < 4.78 is 0. The fourth-order valence-corrected chi connectivity index (χ4v) is 3.79. The van der Waals surface area contributed by atoms with Crippen molar-refractivity contribution in [1.29, 1.82) is 0 Å². The number of hydrogen-bond donors (Lipinski definition) is 2. The molecule has 0 radical (unpaired) electrons. The second-order valence-electron chi connectivity index (χ2n) is 7.96. The van der Waals surface area contributed by atoms with Gasteiger partial charge in [-0.05, 0) is 61.7 Å². The number of unbranched alkanes of at least 4 members (excludes halogenated alkanes) is 2. The summed E-state index contributed by atoms with van der Waals surface area (Å²) in [5, 5.41) is 5.83. The van der Waals surface area contributed by atoms with Gasteiger partial charge in [-0.1, -0.05) is 31.9 Å². The Labute approximate surface area is 185 Å². The van der Waals surface area contributed by atoms with Crippen LogP contribution in [-0.4, -0.2) is 49.6 Å². The van der Waals surface area contributed by atoms with Crippen LogP contribution >= 0.6 is 0 Å². The topological polar surface area (TPSA) is 64.7 Å². The summed E-state index contributed by atoms with van der Waals surface area (Å²) in [5.74, 6) is -0.0941. The van der Waals surface area contributed by atoms with Crippen LogP contribution in [0.1, 0.15) is 49.0 Å². The molecule has 6 heteroatoms. The Morgan fingerprint density at radius 2 is 1.55 bits per heavy atom. The summed E-state index contributed by atoms with van der Waals surface area (Å²) in [6, 6.07) is 15.8. The third-order valence-corrected chi connectivity index (χ3v) is 5.67. The molecule has 1 aliphatic heterocycles. The number of nitrogens with zero attached hydrogens (tertiary/aromatic N) is 2. The molecule has 1 fully saturated rings. The van der Waals surface area contributed by atoms with E-state index in [4.69, 9.17) is 0 Å². The Bertz CT molecular complexity index is 841. The number of rotatable bonds is 8. The molecule has 0 saturated carbocycles. The van der Waals surface area contributed by atoms with Gasteiger partial charge in [0.15, 0.2) is 0 Å². The lowest BCUT2D eigenvalue weighted by Gasteiger charge is -2.36. The smallest absolute Gasteiger partial charge is 0.317 e. The quantitative estimate of drug-likeness (QED) is 0.615. The third-order valence-electron chi connectivity index (χ3n) is 5.67. The zero-order valence-corrected chi connectivity index (χ0v) is 18.7. The Balaban J connectivity index is 1.50. The van der Waals surface area contributed by atoms with Gasteiger partial charge in [-0.25, -0.2) is 4.79 Å². The minimum absolute atomic E-state index is 0.00852.